The second kappa shape index (κ2) is 9.88. The van der Waals surface area contributed by atoms with Gasteiger partial charge in [0.05, 0.1) is 17.6 Å². The van der Waals surface area contributed by atoms with Gasteiger partial charge in [0.1, 0.15) is 12.3 Å². The number of esters is 1. The van der Waals surface area contributed by atoms with Gasteiger partial charge in [0.2, 0.25) is 15.9 Å². The van der Waals surface area contributed by atoms with Crippen LogP contribution in [-0.4, -0.2) is 56.9 Å². The van der Waals surface area contributed by atoms with Crippen LogP contribution < -0.4 is 10.1 Å². The number of rotatable bonds is 8. The molecule has 0 aliphatic carbocycles. The van der Waals surface area contributed by atoms with Gasteiger partial charge >= 0.3 is 5.97 Å². The molecular formula is C19H28N2O6S. The monoisotopic (exact) mass is 412 g/mol. The summed E-state index contributed by atoms with van der Waals surface area (Å²) in [6, 6.07) is 6.32. The predicted molar refractivity (Wildman–Crippen MR) is 103 cm³/mol. The van der Waals surface area contributed by atoms with Gasteiger partial charge in [-0.3, -0.25) is 9.59 Å². The number of ether oxygens (including phenoxy) is 2. The molecule has 1 aromatic carbocycles. The van der Waals surface area contributed by atoms with E-state index >= 15 is 0 Å². The van der Waals surface area contributed by atoms with Crippen LogP contribution in [0.5, 0.6) is 5.75 Å². The Morgan fingerprint density at radius 2 is 1.79 bits per heavy atom. The van der Waals surface area contributed by atoms with E-state index in [1.54, 1.807) is 26.0 Å². The van der Waals surface area contributed by atoms with Crippen LogP contribution in [0.15, 0.2) is 29.2 Å². The second-order valence-electron chi connectivity index (χ2n) is 6.84. The fourth-order valence-electron chi connectivity index (χ4n) is 2.99. The summed E-state index contributed by atoms with van der Waals surface area (Å²) < 4.78 is 37.2. The zero-order valence-corrected chi connectivity index (χ0v) is 17.3. The van der Waals surface area contributed by atoms with Crippen LogP contribution in [0, 0.1) is 5.92 Å². The molecule has 0 aromatic heterocycles. The number of carbonyl (C=O) groups is 2. The van der Waals surface area contributed by atoms with Gasteiger partial charge in [0.15, 0.2) is 0 Å². The molecule has 8 nitrogen and oxygen atoms in total. The van der Waals surface area contributed by atoms with E-state index < -0.39 is 16.0 Å². The molecule has 1 heterocycles. The van der Waals surface area contributed by atoms with Gasteiger partial charge in [-0.25, -0.2) is 8.42 Å². The average molecular weight is 413 g/mol. The highest BCUT2D eigenvalue weighted by Gasteiger charge is 2.32. The van der Waals surface area contributed by atoms with Crippen molar-refractivity contribution in [3.05, 3.63) is 24.3 Å². The highest BCUT2D eigenvalue weighted by molar-refractivity contribution is 7.89. The highest BCUT2D eigenvalue weighted by atomic mass is 32.2. The molecule has 1 aliphatic heterocycles. The van der Waals surface area contributed by atoms with Crippen LogP contribution in [0.25, 0.3) is 0 Å². The summed E-state index contributed by atoms with van der Waals surface area (Å²) in [4.78, 5) is 23.9. The summed E-state index contributed by atoms with van der Waals surface area (Å²) in [5.74, 6) is -0.441. The van der Waals surface area contributed by atoms with E-state index in [0.29, 0.717) is 25.2 Å². The third-order valence-corrected chi connectivity index (χ3v) is 6.28. The van der Waals surface area contributed by atoms with Crippen LogP contribution in [-0.2, 0) is 24.3 Å². The molecule has 0 atom stereocenters. The molecule has 0 spiro atoms. The third-order valence-electron chi connectivity index (χ3n) is 4.37. The summed E-state index contributed by atoms with van der Waals surface area (Å²) >= 11 is 0. The minimum atomic E-state index is -3.61. The maximum atomic E-state index is 12.8. The number of hydrogen-bond donors (Lipinski definition) is 1. The molecule has 1 aliphatic rings. The molecule has 1 fully saturated rings. The van der Waals surface area contributed by atoms with Crippen molar-refractivity contribution in [3.8, 4) is 5.75 Å². The molecule has 0 radical (unpaired) electrons. The molecule has 0 bridgehead atoms. The highest BCUT2D eigenvalue weighted by Crippen LogP contribution is 2.25. The molecule has 156 valence electrons. The van der Waals surface area contributed by atoms with E-state index in [-0.39, 0.29) is 42.5 Å². The number of sulfonamides is 1. The van der Waals surface area contributed by atoms with E-state index in [4.69, 9.17) is 9.47 Å². The summed E-state index contributed by atoms with van der Waals surface area (Å²) in [5.41, 5.74) is 0. The Bertz CT molecular complexity index is 768. The molecule has 2 rings (SSSR count). The Kier molecular flexibility index (Phi) is 7.82. The Labute approximate surface area is 166 Å². The number of hydrogen-bond acceptors (Lipinski definition) is 6. The van der Waals surface area contributed by atoms with Crippen LogP contribution in [0.1, 0.15) is 33.6 Å². The first-order valence-electron chi connectivity index (χ1n) is 9.44. The summed E-state index contributed by atoms with van der Waals surface area (Å²) in [6.07, 6.45) is 0.572. The fourth-order valence-corrected chi connectivity index (χ4v) is 4.46. The molecule has 9 heteroatoms. The molecule has 1 saturated heterocycles. The van der Waals surface area contributed by atoms with Crippen LogP contribution in [0.3, 0.4) is 0 Å². The number of piperidine rings is 1. The minimum absolute atomic E-state index is 0.179. The van der Waals surface area contributed by atoms with E-state index in [1.165, 1.54) is 16.4 Å². The Balaban J connectivity index is 1.88. The molecule has 28 heavy (non-hydrogen) atoms. The van der Waals surface area contributed by atoms with Crippen molar-refractivity contribution in [2.75, 3.05) is 26.2 Å². The topological polar surface area (TPSA) is 102 Å². The largest absolute Gasteiger partial charge is 0.494 e. The molecule has 1 aromatic rings. The SMILES string of the molecule is CCOc1ccc(S(=O)(=O)N2CCC(C(=O)NCC(=O)OC(C)C)CC2)cc1. The first kappa shape index (κ1) is 22.2. The summed E-state index contributed by atoms with van der Waals surface area (Å²) in [5, 5.41) is 2.57. The van der Waals surface area contributed by atoms with Crippen molar-refractivity contribution in [1.29, 1.82) is 0 Å². The maximum absolute atomic E-state index is 12.8. The van der Waals surface area contributed by atoms with E-state index in [1.807, 2.05) is 6.92 Å². The molecular weight excluding hydrogens is 384 g/mol. The van der Waals surface area contributed by atoms with E-state index in [9.17, 15) is 18.0 Å². The van der Waals surface area contributed by atoms with Crippen molar-refractivity contribution in [2.45, 2.75) is 44.6 Å². The van der Waals surface area contributed by atoms with Gasteiger partial charge in [-0.2, -0.15) is 4.31 Å². The lowest BCUT2D eigenvalue weighted by Crippen LogP contribution is -2.44. The van der Waals surface area contributed by atoms with Crippen molar-refractivity contribution in [3.63, 3.8) is 0 Å². The smallest absolute Gasteiger partial charge is 0.325 e. The number of carbonyl (C=O) groups excluding carboxylic acids is 2. The van der Waals surface area contributed by atoms with Crippen molar-refractivity contribution < 1.29 is 27.5 Å². The Morgan fingerprint density at radius 3 is 2.32 bits per heavy atom. The number of amides is 1. The van der Waals surface area contributed by atoms with Gasteiger partial charge in [-0.05, 0) is 57.9 Å². The number of nitrogens with one attached hydrogen (secondary N) is 1. The summed E-state index contributed by atoms with van der Waals surface area (Å²) in [7, 11) is -3.61. The zero-order valence-electron chi connectivity index (χ0n) is 16.5. The van der Waals surface area contributed by atoms with Crippen LogP contribution in [0.4, 0.5) is 0 Å². The predicted octanol–water partition coefficient (Wildman–Crippen LogP) is 1.55. The van der Waals surface area contributed by atoms with E-state index in [0.717, 1.165) is 0 Å². The first-order valence-corrected chi connectivity index (χ1v) is 10.9. The average Bonchev–Trinajstić information content (AvgIpc) is 2.66. The molecule has 1 amide bonds. The van der Waals surface area contributed by atoms with Gasteiger partial charge in [0, 0.05) is 19.0 Å². The van der Waals surface area contributed by atoms with Gasteiger partial charge in [0.25, 0.3) is 0 Å². The quantitative estimate of drug-likeness (QED) is 0.650. The van der Waals surface area contributed by atoms with Crippen molar-refractivity contribution >= 4 is 21.9 Å². The normalized spacial score (nSPS) is 16.0. The Morgan fingerprint density at radius 1 is 1.18 bits per heavy atom. The van der Waals surface area contributed by atoms with Crippen LogP contribution in [0.2, 0.25) is 0 Å². The van der Waals surface area contributed by atoms with Gasteiger partial charge < -0.3 is 14.8 Å². The maximum Gasteiger partial charge on any atom is 0.325 e. The summed E-state index contributed by atoms with van der Waals surface area (Å²) in [6.45, 7) is 6.17. The van der Waals surface area contributed by atoms with Crippen molar-refractivity contribution in [2.24, 2.45) is 5.92 Å². The number of benzene rings is 1. The molecule has 0 unspecified atom stereocenters. The Hall–Kier alpha value is -2.13. The van der Waals surface area contributed by atoms with Gasteiger partial charge in [-0.15, -0.1) is 0 Å². The minimum Gasteiger partial charge on any atom is -0.494 e. The van der Waals surface area contributed by atoms with Crippen LogP contribution >= 0.6 is 0 Å². The standard InChI is InChI=1S/C19H28N2O6S/c1-4-26-16-5-7-17(8-6-16)28(24,25)21-11-9-15(10-12-21)19(23)20-13-18(22)27-14(2)3/h5-8,14-15H,4,9-13H2,1-3H3,(H,20,23). The third kappa shape index (κ3) is 5.93. The van der Waals surface area contributed by atoms with Crippen molar-refractivity contribution in [1.82, 2.24) is 9.62 Å². The lowest BCUT2D eigenvalue weighted by Gasteiger charge is -2.30. The first-order chi connectivity index (χ1) is 13.2. The molecule has 0 saturated carbocycles. The fraction of sp³-hybridized carbons (Fsp3) is 0.579. The lowest BCUT2D eigenvalue weighted by molar-refractivity contribution is -0.147. The van der Waals surface area contributed by atoms with Gasteiger partial charge in [-0.1, -0.05) is 0 Å². The zero-order chi connectivity index (χ0) is 20.7. The lowest BCUT2D eigenvalue weighted by atomic mass is 9.97. The number of nitrogens with zero attached hydrogens (tertiary/aromatic N) is 1. The second-order valence-corrected chi connectivity index (χ2v) is 8.78. The van der Waals surface area contributed by atoms with E-state index in [2.05, 4.69) is 5.32 Å². The molecule has 1 N–H and O–H groups in total.